The van der Waals surface area contributed by atoms with Crippen LogP contribution in [0, 0.1) is 6.92 Å². The van der Waals surface area contributed by atoms with E-state index < -0.39 is 5.97 Å². The lowest BCUT2D eigenvalue weighted by Crippen LogP contribution is -2.32. The number of carbonyl (C=O) groups excluding carboxylic acids is 1. The quantitative estimate of drug-likeness (QED) is 0.820. The van der Waals surface area contributed by atoms with Crippen molar-refractivity contribution in [1.29, 1.82) is 0 Å². The summed E-state index contributed by atoms with van der Waals surface area (Å²) in [4.78, 5) is 22.1. The number of aliphatic carboxylic acids is 1. The number of hydrogen-bond donors (Lipinski definition) is 2. The van der Waals surface area contributed by atoms with Crippen molar-refractivity contribution in [3.63, 3.8) is 0 Å². The maximum atomic E-state index is 11.8. The highest BCUT2D eigenvalue weighted by Crippen LogP contribution is 2.04. The van der Waals surface area contributed by atoms with Gasteiger partial charge in [-0.25, -0.2) is 0 Å². The molecule has 0 heterocycles. The van der Waals surface area contributed by atoms with E-state index in [1.165, 1.54) is 0 Å². The van der Waals surface area contributed by atoms with Crippen LogP contribution in [0.15, 0.2) is 24.3 Å². The molecular weight excluding hydrogens is 218 g/mol. The standard InChI is InChI=1S/C13H17NO3/c1-9-3-6-11(7-4-9)13(17)14-10(2)5-8-12(15)16/h3-4,6-7,10H,5,8H2,1-2H3,(H,14,17)(H,15,16)/t10-/m1/s1. The Bertz CT molecular complexity index is 398. The lowest BCUT2D eigenvalue weighted by Gasteiger charge is -2.12. The number of nitrogens with one attached hydrogen (secondary N) is 1. The van der Waals surface area contributed by atoms with Gasteiger partial charge in [0, 0.05) is 18.0 Å². The molecule has 4 nitrogen and oxygen atoms in total. The second-order valence-corrected chi connectivity index (χ2v) is 4.17. The van der Waals surface area contributed by atoms with E-state index in [1.807, 2.05) is 19.1 Å². The Morgan fingerprint density at radius 2 is 1.88 bits per heavy atom. The van der Waals surface area contributed by atoms with Crippen molar-refractivity contribution in [2.45, 2.75) is 32.7 Å². The third-order valence-electron chi connectivity index (χ3n) is 2.48. The van der Waals surface area contributed by atoms with Gasteiger partial charge in [0.05, 0.1) is 0 Å². The number of carboxylic acids is 1. The minimum absolute atomic E-state index is 0.0648. The molecule has 2 N–H and O–H groups in total. The van der Waals surface area contributed by atoms with Crippen molar-refractivity contribution in [3.8, 4) is 0 Å². The molecule has 0 aromatic heterocycles. The summed E-state index contributed by atoms with van der Waals surface area (Å²) in [6.45, 7) is 3.76. The van der Waals surface area contributed by atoms with Crippen LogP contribution >= 0.6 is 0 Å². The second-order valence-electron chi connectivity index (χ2n) is 4.17. The van der Waals surface area contributed by atoms with Gasteiger partial charge in [-0.2, -0.15) is 0 Å². The molecule has 1 amide bonds. The van der Waals surface area contributed by atoms with E-state index in [9.17, 15) is 9.59 Å². The lowest BCUT2D eigenvalue weighted by atomic mass is 10.1. The molecule has 0 aliphatic carbocycles. The van der Waals surface area contributed by atoms with Gasteiger partial charge >= 0.3 is 5.97 Å². The van der Waals surface area contributed by atoms with Crippen LogP contribution < -0.4 is 5.32 Å². The lowest BCUT2D eigenvalue weighted by molar-refractivity contribution is -0.137. The van der Waals surface area contributed by atoms with E-state index in [1.54, 1.807) is 19.1 Å². The summed E-state index contributed by atoms with van der Waals surface area (Å²) in [6.07, 6.45) is 0.502. The Labute approximate surface area is 101 Å². The predicted octanol–water partition coefficient (Wildman–Crippen LogP) is 1.98. The molecule has 92 valence electrons. The zero-order valence-electron chi connectivity index (χ0n) is 10.1. The molecule has 0 spiro atoms. The fraction of sp³-hybridized carbons (Fsp3) is 0.385. The third-order valence-corrected chi connectivity index (χ3v) is 2.48. The molecule has 1 aromatic carbocycles. The Morgan fingerprint density at radius 3 is 2.41 bits per heavy atom. The van der Waals surface area contributed by atoms with Crippen LogP contribution in [-0.2, 0) is 4.79 Å². The van der Waals surface area contributed by atoms with Gasteiger partial charge in [0.2, 0.25) is 0 Å². The van der Waals surface area contributed by atoms with E-state index in [-0.39, 0.29) is 18.4 Å². The van der Waals surface area contributed by atoms with Crippen molar-refractivity contribution in [2.75, 3.05) is 0 Å². The Hall–Kier alpha value is -1.84. The van der Waals surface area contributed by atoms with Crippen LogP contribution in [0.3, 0.4) is 0 Å². The summed E-state index contributed by atoms with van der Waals surface area (Å²) < 4.78 is 0. The van der Waals surface area contributed by atoms with E-state index in [4.69, 9.17) is 5.11 Å². The smallest absolute Gasteiger partial charge is 0.303 e. The molecule has 0 saturated heterocycles. The topological polar surface area (TPSA) is 66.4 Å². The van der Waals surface area contributed by atoms with Crippen LogP contribution in [0.25, 0.3) is 0 Å². The summed E-state index contributed by atoms with van der Waals surface area (Å²) in [6, 6.07) is 7.12. The van der Waals surface area contributed by atoms with Crippen molar-refractivity contribution in [2.24, 2.45) is 0 Å². The van der Waals surface area contributed by atoms with E-state index >= 15 is 0 Å². The molecule has 0 fully saturated rings. The molecule has 0 saturated carbocycles. The zero-order chi connectivity index (χ0) is 12.8. The first-order chi connectivity index (χ1) is 7.99. The van der Waals surface area contributed by atoms with Gasteiger partial charge in [0.15, 0.2) is 0 Å². The van der Waals surface area contributed by atoms with Gasteiger partial charge in [0.25, 0.3) is 5.91 Å². The predicted molar refractivity (Wildman–Crippen MR) is 65.0 cm³/mol. The minimum atomic E-state index is -0.846. The molecule has 0 bridgehead atoms. The van der Waals surface area contributed by atoms with Crippen LogP contribution in [0.4, 0.5) is 0 Å². The highest BCUT2D eigenvalue weighted by atomic mass is 16.4. The van der Waals surface area contributed by atoms with Gasteiger partial charge in [-0.3, -0.25) is 9.59 Å². The summed E-state index contributed by atoms with van der Waals surface area (Å²) in [5, 5.41) is 11.3. The number of benzene rings is 1. The van der Waals surface area contributed by atoms with Crippen molar-refractivity contribution < 1.29 is 14.7 Å². The normalized spacial score (nSPS) is 11.9. The van der Waals surface area contributed by atoms with E-state index in [2.05, 4.69) is 5.32 Å². The van der Waals surface area contributed by atoms with Crippen molar-refractivity contribution in [3.05, 3.63) is 35.4 Å². The molecular formula is C13H17NO3. The van der Waals surface area contributed by atoms with Crippen molar-refractivity contribution >= 4 is 11.9 Å². The summed E-state index contributed by atoms with van der Waals surface area (Å²) in [7, 11) is 0. The highest BCUT2D eigenvalue weighted by Gasteiger charge is 2.10. The Morgan fingerprint density at radius 1 is 1.29 bits per heavy atom. The number of aryl methyl sites for hydroxylation is 1. The molecule has 1 rings (SSSR count). The number of amides is 1. The molecule has 1 aromatic rings. The molecule has 0 radical (unpaired) electrons. The Balaban J connectivity index is 2.48. The first-order valence-corrected chi connectivity index (χ1v) is 5.58. The van der Waals surface area contributed by atoms with E-state index in [0.29, 0.717) is 12.0 Å². The number of hydrogen-bond acceptors (Lipinski definition) is 2. The average molecular weight is 235 g/mol. The number of carbonyl (C=O) groups is 2. The fourth-order valence-electron chi connectivity index (χ4n) is 1.42. The maximum absolute atomic E-state index is 11.8. The van der Waals surface area contributed by atoms with Gasteiger partial charge in [-0.1, -0.05) is 17.7 Å². The largest absolute Gasteiger partial charge is 0.481 e. The second kappa shape index (κ2) is 6.03. The van der Waals surface area contributed by atoms with Crippen LogP contribution in [-0.4, -0.2) is 23.0 Å². The fourth-order valence-corrected chi connectivity index (χ4v) is 1.42. The minimum Gasteiger partial charge on any atom is -0.481 e. The molecule has 1 atom stereocenters. The van der Waals surface area contributed by atoms with Crippen LogP contribution in [0.5, 0.6) is 0 Å². The molecule has 17 heavy (non-hydrogen) atoms. The molecule has 0 aliphatic rings. The molecule has 4 heteroatoms. The first kappa shape index (κ1) is 13.2. The number of rotatable bonds is 5. The van der Waals surface area contributed by atoms with Gasteiger partial charge in [0.1, 0.15) is 0 Å². The van der Waals surface area contributed by atoms with Crippen LogP contribution in [0.1, 0.15) is 35.7 Å². The van der Waals surface area contributed by atoms with E-state index in [0.717, 1.165) is 5.56 Å². The third kappa shape index (κ3) is 4.68. The Kier molecular flexibility index (Phi) is 4.69. The zero-order valence-corrected chi connectivity index (χ0v) is 10.1. The van der Waals surface area contributed by atoms with Gasteiger partial charge in [-0.15, -0.1) is 0 Å². The molecule has 0 aliphatic heterocycles. The highest BCUT2D eigenvalue weighted by molar-refractivity contribution is 5.94. The SMILES string of the molecule is Cc1ccc(C(=O)N[C@H](C)CCC(=O)O)cc1. The monoisotopic (exact) mass is 235 g/mol. The van der Waals surface area contributed by atoms with Gasteiger partial charge in [-0.05, 0) is 32.4 Å². The van der Waals surface area contributed by atoms with Crippen LogP contribution in [0.2, 0.25) is 0 Å². The van der Waals surface area contributed by atoms with Crippen molar-refractivity contribution in [1.82, 2.24) is 5.32 Å². The maximum Gasteiger partial charge on any atom is 0.303 e. The molecule has 0 unspecified atom stereocenters. The summed E-state index contributed by atoms with van der Waals surface area (Å²) in [5.74, 6) is -1.01. The average Bonchev–Trinajstić information content (AvgIpc) is 2.27. The number of carboxylic acid groups (broad SMARTS) is 1. The first-order valence-electron chi connectivity index (χ1n) is 5.58. The van der Waals surface area contributed by atoms with Gasteiger partial charge < -0.3 is 10.4 Å². The summed E-state index contributed by atoms with van der Waals surface area (Å²) in [5.41, 5.74) is 1.69. The summed E-state index contributed by atoms with van der Waals surface area (Å²) >= 11 is 0.